The van der Waals surface area contributed by atoms with Crippen molar-refractivity contribution in [1.29, 1.82) is 0 Å². The number of anilines is 1. The van der Waals surface area contributed by atoms with E-state index >= 15 is 0 Å². The van der Waals surface area contributed by atoms with Gasteiger partial charge in [-0.25, -0.2) is 12.8 Å². The second-order valence-corrected chi connectivity index (χ2v) is 8.63. The van der Waals surface area contributed by atoms with Crippen LogP contribution in [0.2, 0.25) is 0 Å². The molecule has 3 N–H and O–H groups in total. The first-order chi connectivity index (χ1) is 14.5. The Bertz CT molecular complexity index is 1010. The van der Waals surface area contributed by atoms with Crippen molar-refractivity contribution in [2.45, 2.75) is 50.3 Å². The van der Waals surface area contributed by atoms with E-state index in [0.717, 1.165) is 36.2 Å². The van der Waals surface area contributed by atoms with Crippen molar-refractivity contribution in [1.82, 2.24) is 4.72 Å². The Morgan fingerprint density at radius 3 is 2.16 bits per heavy atom. The van der Waals surface area contributed by atoms with Gasteiger partial charge in [0.1, 0.15) is 11.9 Å². The first-order valence-corrected chi connectivity index (χ1v) is 11.1. The zero-order chi connectivity index (χ0) is 23.2. The summed E-state index contributed by atoms with van der Waals surface area (Å²) < 4.78 is 45.0. The van der Waals surface area contributed by atoms with E-state index in [1.54, 1.807) is 12.1 Å². The lowest BCUT2D eigenvalue weighted by atomic mass is 10.1. The minimum atomic E-state index is -4.26. The average Bonchev–Trinajstić information content (AvgIpc) is 2.72. The predicted molar refractivity (Wildman–Crippen MR) is 112 cm³/mol. The van der Waals surface area contributed by atoms with E-state index in [-0.39, 0.29) is 4.90 Å². The molecule has 0 spiro atoms. The summed E-state index contributed by atoms with van der Waals surface area (Å²) in [6, 6.07) is 9.37. The van der Waals surface area contributed by atoms with Gasteiger partial charge in [0.2, 0.25) is 10.0 Å². The summed E-state index contributed by atoms with van der Waals surface area (Å²) in [5.74, 6) is -2.39. The summed E-state index contributed by atoms with van der Waals surface area (Å²) in [7, 11) is -4.26. The van der Waals surface area contributed by atoms with Crippen molar-refractivity contribution in [2.24, 2.45) is 0 Å². The number of esters is 1. The van der Waals surface area contributed by atoms with Crippen molar-refractivity contribution in [2.75, 3.05) is 5.32 Å². The molecule has 0 aromatic heterocycles. The van der Waals surface area contributed by atoms with Gasteiger partial charge < -0.3 is 15.2 Å². The van der Waals surface area contributed by atoms with Crippen LogP contribution in [0.25, 0.3) is 0 Å². The van der Waals surface area contributed by atoms with Crippen LogP contribution in [-0.4, -0.2) is 43.7 Å². The van der Waals surface area contributed by atoms with Gasteiger partial charge in [-0.3, -0.25) is 9.59 Å². The molecule has 2 rings (SSSR count). The standard InChI is InChI=1S/C21H25FN2O6S/c1-4-15-5-9-17(10-6-15)23-20(26)14(3)30-21(27)19(13(2)25)24-31(28,29)18-11-7-16(22)8-12-18/h5-14,19,24-25H,4H2,1-3H3,(H,23,26). The van der Waals surface area contributed by atoms with Gasteiger partial charge in [0.25, 0.3) is 5.91 Å². The molecule has 168 valence electrons. The molecule has 0 radical (unpaired) electrons. The van der Waals surface area contributed by atoms with Gasteiger partial charge in [-0.2, -0.15) is 4.72 Å². The van der Waals surface area contributed by atoms with Gasteiger partial charge in [-0.1, -0.05) is 19.1 Å². The highest BCUT2D eigenvalue weighted by Crippen LogP contribution is 2.14. The molecule has 3 unspecified atom stereocenters. The van der Waals surface area contributed by atoms with Gasteiger partial charge in [0.05, 0.1) is 11.0 Å². The quantitative estimate of drug-likeness (QED) is 0.500. The zero-order valence-corrected chi connectivity index (χ0v) is 18.1. The van der Waals surface area contributed by atoms with Gasteiger partial charge in [-0.05, 0) is 62.2 Å². The molecule has 0 saturated heterocycles. The number of sulfonamides is 1. The van der Waals surface area contributed by atoms with Crippen LogP contribution >= 0.6 is 0 Å². The summed E-state index contributed by atoms with van der Waals surface area (Å²) in [6.45, 7) is 4.51. The Balaban J connectivity index is 2.05. The van der Waals surface area contributed by atoms with Crippen molar-refractivity contribution in [3.05, 3.63) is 59.9 Å². The van der Waals surface area contributed by atoms with Gasteiger partial charge in [0, 0.05) is 5.69 Å². The van der Waals surface area contributed by atoms with Gasteiger partial charge >= 0.3 is 5.97 Å². The lowest BCUT2D eigenvalue weighted by Crippen LogP contribution is -2.49. The number of ether oxygens (including phenoxy) is 1. The molecule has 0 aliphatic carbocycles. The van der Waals surface area contributed by atoms with E-state index < -0.39 is 46.0 Å². The molecule has 2 aromatic carbocycles. The first kappa shape index (κ1) is 24.4. The number of carbonyl (C=O) groups is 2. The lowest BCUT2D eigenvalue weighted by Gasteiger charge is -2.22. The largest absolute Gasteiger partial charge is 0.451 e. The molecule has 0 fully saturated rings. The molecule has 0 saturated carbocycles. The second-order valence-electron chi connectivity index (χ2n) is 6.91. The Morgan fingerprint density at radius 2 is 1.65 bits per heavy atom. The maximum Gasteiger partial charge on any atom is 0.327 e. The number of aryl methyl sites for hydroxylation is 1. The molecule has 3 atom stereocenters. The molecule has 8 nitrogen and oxygen atoms in total. The van der Waals surface area contributed by atoms with E-state index in [9.17, 15) is 27.5 Å². The molecular weight excluding hydrogens is 427 g/mol. The number of hydrogen-bond donors (Lipinski definition) is 3. The minimum Gasteiger partial charge on any atom is -0.451 e. The average molecular weight is 453 g/mol. The number of aliphatic hydroxyl groups is 1. The molecule has 10 heteroatoms. The Hall–Kier alpha value is -2.82. The number of hydrogen-bond acceptors (Lipinski definition) is 6. The maximum atomic E-state index is 13.0. The monoisotopic (exact) mass is 452 g/mol. The summed E-state index contributed by atoms with van der Waals surface area (Å²) in [5, 5.41) is 12.5. The number of carbonyl (C=O) groups excluding carboxylic acids is 2. The Kier molecular flexibility index (Phi) is 8.26. The third kappa shape index (κ3) is 6.84. The smallest absolute Gasteiger partial charge is 0.327 e. The van der Waals surface area contributed by atoms with Crippen molar-refractivity contribution >= 4 is 27.6 Å². The summed E-state index contributed by atoms with van der Waals surface area (Å²) in [4.78, 5) is 24.5. The Morgan fingerprint density at radius 1 is 1.06 bits per heavy atom. The van der Waals surface area contributed by atoms with E-state index in [4.69, 9.17) is 4.74 Å². The first-order valence-electron chi connectivity index (χ1n) is 9.59. The predicted octanol–water partition coefficient (Wildman–Crippen LogP) is 1.99. The third-order valence-electron chi connectivity index (χ3n) is 4.43. The fraction of sp³-hybridized carbons (Fsp3) is 0.333. The molecule has 0 aliphatic rings. The van der Waals surface area contributed by atoms with Crippen molar-refractivity contribution in [3.63, 3.8) is 0 Å². The topological polar surface area (TPSA) is 122 Å². The van der Waals surface area contributed by atoms with Crippen LogP contribution in [-0.2, 0) is 30.8 Å². The van der Waals surface area contributed by atoms with Crippen LogP contribution in [0.1, 0.15) is 26.3 Å². The number of aliphatic hydroxyl groups excluding tert-OH is 1. The number of benzene rings is 2. The number of amides is 1. The van der Waals surface area contributed by atoms with Crippen LogP contribution in [0.4, 0.5) is 10.1 Å². The van der Waals surface area contributed by atoms with Crippen LogP contribution in [0, 0.1) is 5.82 Å². The van der Waals surface area contributed by atoms with Crippen molar-refractivity contribution in [3.8, 4) is 0 Å². The second kappa shape index (κ2) is 10.5. The van der Waals surface area contributed by atoms with Crippen LogP contribution in [0.3, 0.4) is 0 Å². The highest BCUT2D eigenvalue weighted by atomic mass is 32.2. The molecule has 0 heterocycles. The highest BCUT2D eigenvalue weighted by molar-refractivity contribution is 7.89. The molecule has 31 heavy (non-hydrogen) atoms. The summed E-state index contributed by atoms with van der Waals surface area (Å²) in [6.07, 6.45) is -1.87. The minimum absolute atomic E-state index is 0.298. The third-order valence-corrected chi connectivity index (χ3v) is 5.89. The molecule has 1 amide bonds. The summed E-state index contributed by atoms with van der Waals surface area (Å²) in [5.41, 5.74) is 1.60. The number of nitrogens with one attached hydrogen (secondary N) is 2. The molecule has 0 bridgehead atoms. The number of rotatable bonds is 9. The van der Waals surface area contributed by atoms with E-state index in [2.05, 4.69) is 5.32 Å². The van der Waals surface area contributed by atoms with E-state index in [1.807, 2.05) is 23.8 Å². The Labute approximate surface area is 180 Å². The lowest BCUT2D eigenvalue weighted by molar-refractivity contribution is -0.157. The SMILES string of the molecule is CCc1ccc(NC(=O)C(C)OC(=O)C(NS(=O)(=O)c2ccc(F)cc2)C(C)O)cc1. The van der Waals surface area contributed by atoms with Crippen molar-refractivity contribution < 1.29 is 32.2 Å². The van der Waals surface area contributed by atoms with Crippen LogP contribution < -0.4 is 10.0 Å². The van der Waals surface area contributed by atoms with Gasteiger partial charge in [-0.15, -0.1) is 0 Å². The maximum absolute atomic E-state index is 13.0. The normalized spacial score (nSPS) is 14.4. The fourth-order valence-corrected chi connectivity index (χ4v) is 3.82. The molecule has 0 aliphatic heterocycles. The van der Waals surface area contributed by atoms with E-state index in [0.29, 0.717) is 5.69 Å². The zero-order valence-electron chi connectivity index (χ0n) is 17.3. The summed E-state index contributed by atoms with van der Waals surface area (Å²) >= 11 is 0. The fourth-order valence-electron chi connectivity index (χ4n) is 2.56. The van der Waals surface area contributed by atoms with Gasteiger partial charge in [0.15, 0.2) is 6.10 Å². The molecular formula is C21H25FN2O6S. The molecule has 2 aromatic rings. The number of halogens is 1. The van der Waals surface area contributed by atoms with Crippen LogP contribution in [0.5, 0.6) is 0 Å². The highest BCUT2D eigenvalue weighted by Gasteiger charge is 2.33. The van der Waals surface area contributed by atoms with Crippen LogP contribution in [0.15, 0.2) is 53.4 Å². The van der Waals surface area contributed by atoms with E-state index in [1.165, 1.54) is 13.8 Å².